The molecule has 0 aliphatic carbocycles. The van der Waals surface area contributed by atoms with E-state index in [-0.39, 0.29) is 23.5 Å². The quantitative estimate of drug-likeness (QED) is 0.494. The van der Waals surface area contributed by atoms with E-state index in [1.165, 1.54) is 21.3 Å². The highest BCUT2D eigenvalue weighted by Crippen LogP contribution is 2.42. The molecule has 10 heteroatoms. The Morgan fingerprint density at radius 3 is 1.46 bits per heavy atom. The normalized spacial score (nSPS) is 10.6. The van der Waals surface area contributed by atoms with E-state index in [1.54, 1.807) is 26.0 Å². The number of halogens is 1. The summed E-state index contributed by atoms with van der Waals surface area (Å²) in [5.74, 6) is 0.669. The Morgan fingerprint density at radius 2 is 1.18 bits per heavy atom. The first-order chi connectivity index (χ1) is 12.9. The molecule has 28 heavy (non-hydrogen) atoms. The first-order valence-electron chi connectivity index (χ1n) is 8.27. The first kappa shape index (κ1) is 21.2. The summed E-state index contributed by atoms with van der Waals surface area (Å²) in [6, 6.07) is 3.48. The van der Waals surface area contributed by atoms with Gasteiger partial charge < -0.3 is 24.4 Å². The fraction of sp³-hybridized carbons (Fsp3) is 0.333. The number of ether oxygens (including phenoxy) is 3. The van der Waals surface area contributed by atoms with Crippen molar-refractivity contribution in [2.75, 3.05) is 21.3 Å². The third-order valence-electron chi connectivity index (χ3n) is 4.62. The van der Waals surface area contributed by atoms with E-state index in [4.69, 9.17) is 14.2 Å². The van der Waals surface area contributed by atoms with Crippen LogP contribution in [0.5, 0.6) is 17.2 Å². The van der Waals surface area contributed by atoms with E-state index in [2.05, 4.69) is 20.4 Å². The molecule has 9 nitrogen and oxygen atoms in total. The average molecular weight is 411 g/mol. The van der Waals surface area contributed by atoms with E-state index < -0.39 is 5.92 Å². The highest BCUT2D eigenvalue weighted by molar-refractivity contribution is 5.85. The van der Waals surface area contributed by atoms with Gasteiger partial charge in [0.15, 0.2) is 11.5 Å². The maximum atomic E-state index is 12.5. The van der Waals surface area contributed by atoms with Crippen LogP contribution in [-0.2, 0) is 0 Å². The van der Waals surface area contributed by atoms with Gasteiger partial charge in [-0.05, 0) is 31.5 Å². The molecule has 3 aromatic rings. The number of hydrogen-bond acceptors (Lipinski definition) is 5. The van der Waals surface area contributed by atoms with Crippen LogP contribution < -0.4 is 25.3 Å². The van der Waals surface area contributed by atoms with Crippen molar-refractivity contribution in [3.8, 4) is 17.2 Å². The van der Waals surface area contributed by atoms with E-state index in [0.717, 1.165) is 0 Å². The van der Waals surface area contributed by atoms with Gasteiger partial charge in [-0.25, -0.2) is 0 Å². The maximum Gasteiger partial charge on any atom is 0.268 e. The Labute approximate surface area is 166 Å². The molecule has 0 saturated carbocycles. The van der Waals surface area contributed by atoms with Crippen LogP contribution in [0, 0.1) is 13.8 Å². The number of hydrogen-bond donors (Lipinski definition) is 4. The van der Waals surface area contributed by atoms with Crippen LogP contribution in [-0.4, -0.2) is 41.7 Å². The Balaban J connectivity index is 0.00000280. The Morgan fingerprint density at radius 1 is 0.750 bits per heavy atom. The van der Waals surface area contributed by atoms with Gasteiger partial charge in [0.2, 0.25) is 5.75 Å². The molecule has 0 aliphatic rings. The fourth-order valence-corrected chi connectivity index (χ4v) is 3.35. The zero-order chi connectivity index (χ0) is 19.7. The third-order valence-corrected chi connectivity index (χ3v) is 4.62. The summed E-state index contributed by atoms with van der Waals surface area (Å²) >= 11 is 0. The third kappa shape index (κ3) is 3.40. The predicted octanol–water partition coefficient (Wildman–Crippen LogP) is 1.96. The van der Waals surface area contributed by atoms with E-state index in [1.807, 2.05) is 0 Å². The summed E-state index contributed by atoms with van der Waals surface area (Å²) in [4.78, 5) is 25.0. The van der Waals surface area contributed by atoms with Crippen molar-refractivity contribution in [3.05, 3.63) is 60.9 Å². The van der Waals surface area contributed by atoms with Gasteiger partial charge in [0.1, 0.15) is 0 Å². The molecule has 0 aliphatic heterocycles. The molecule has 0 amide bonds. The summed E-state index contributed by atoms with van der Waals surface area (Å²) in [6.45, 7) is 3.54. The molecule has 0 atom stereocenters. The standard InChI is InChI=1S/C18H22N4O5.ClH/c1-8-13(17(23)21-19-8)15(14-9(2)20-22-18(14)24)10-6-11(25-3)16(27-5)12(7-10)26-4;/h6-7,15H,1-5H3,(H2,19,21,23)(H2,20,22,24);1H. The maximum absolute atomic E-state index is 12.5. The lowest BCUT2D eigenvalue weighted by Gasteiger charge is -2.20. The molecule has 0 bridgehead atoms. The highest BCUT2D eigenvalue weighted by atomic mass is 35.5. The van der Waals surface area contributed by atoms with Crippen LogP contribution in [0.15, 0.2) is 21.7 Å². The van der Waals surface area contributed by atoms with Crippen molar-refractivity contribution in [2.45, 2.75) is 19.8 Å². The summed E-state index contributed by atoms with van der Waals surface area (Å²) in [5.41, 5.74) is 2.22. The summed E-state index contributed by atoms with van der Waals surface area (Å²) in [7, 11) is 4.54. The van der Waals surface area contributed by atoms with Gasteiger partial charge >= 0.3 is 0 Å². The number of nitrogens with one attached hydrogen (secondary N) is 4. The average Bonchev–Trinajstić information content (AvgIpc) is 3.17. The highest BCUT2D eigenvalue weighted by Gasteiger charge is 2.30. The van der Waals surface area contributed by atoms with Gasteiger partial charge in [-0.15, -0.1) is 12.4 Å². The predicted molar refractivity (Wildman–Crippen MR) is 107 cm³/mol. The largest absolute Gasteiger partial charge is 0.493 e. The van der Waals surface area contributed by atoms with Crippen molar-refractivity contribution in [2.24, 2.45) is 0 Å². The Hall–Kier alpha value is -3.07. The van der Waals surface area contributed by atoms with E-state index >= 15 is 0 Å². The molecular weight excluding hydrogens is 388 g/mol. The molecule has 0 unspecified atom stereocenters. The number of aromatic amines is 4. The monoisotopic (exact) mass is 410 g/mol. The smallest absolute Gasteiger partial charge is 0.268 e. The van der Waals surface area contributed by atoms with Crippen LogP contribution in [0.1, 0.15) is 34.0 Å². The number of H-pyrrole nitrogens is 4. The van der Waals surface area contributed by atoms with Crippen LogP contribution in [0.25, 0.3) is 0 Å². The molecule has 0 fully saturated rings. The molecule has 0 saturated heterocycles. The Kier molecular flexibility index (Phi) is 6.30. The van der Waals surface area contributed by atoms with Crippen LogP contribution in [0.3, 0.4) is 0 Å². The minimum Gasteiger partial charge on any atom is -0.493 e. The molecule has 0 radical (unpaired) electrons. The fourth-order valence-electron chi connectivity index (χ4n) is 3.35. The second-order valence-electron chi connectivity index (χ2n) is 6.13. The van der Waals surface area contributed by atoms with Crippen LogP contribution in [0.4, 0.5) is 0 Å². The molecular formula is C18H23ClN4O5. The van der Waals surface area contributed by atoms with Gasteiger partial charge in [-0.3, -0.25) is 19.8 Å². The number of methoxy groups -OCH3 is 3. The first-order valence-corrected chi connectivity index (χ1v) is 8.27. The second-order valence-corrected chi connectivity index (χ2v) is 6.13. The van der Waals surface area contributed by atoms with Crippen molar-refractivity contribution in [1.82, 2.24) is 20.4 Å². The number of aryl methyl sites for hydroxylation is 2. The van der Waals surface area contributed by atoms with Crippen LogP contribution >= 0.6 is 12.4 Å². The van der Waals surface area contributed by atoms with E-state index in [0.29, 0.717) is 45.3 Å². The molecule has 152 valence electrons. The number of aromatic nitrogens is 4. The second kappa shape index (κ2) is 8.30. The molecule has 2 aromatic heterocycles. The SMILES string of the molecule is COc1cc(C(c2c(C)[nH][nH]c2=O)c2c(C)[nH][nH]c2=O)cc(OC)c1OC.Cl. The van der Waals surface area contributed by atoms with Gasteiger partial charge in [-0.2, -0.15) is 0 Å². The minimum atomic E-state index is -0.635. The topological polar surface area (TPSA) is 125 Å². The van der Waals surface area contributed by atoms with E-state index in [9.17, 15) is 9.59 Å². The lowest BCUT2D eigenvalue weighted by Crippen LogP contribution is -2.20. The zero-order valence-corrected chi connectivity index (χ0v) is 17.0. The molecule has 0 spiro atoms. The minimum absolute atomic E-state index is 0. The molecule has 4 N–H and O–H groups in total. The molecule has 3 rings (SSSR count). The summed E-state index contributed by atoms with van der Waals surface area (Å²) < 4.78 is 16.2. The van der Waals surface area contributed by atoms with Crippen molar-refractivity contribution >= 4 is 12.4 Å². The Bertz CT molecular complexity index is 999. The molecule has 1 aromatic carbocycles. The molecule has 2 heterocycles. The van der Waals surface area contributed by atoms with Crippen molar-refractivity contribution < 1.29 is 14.2 Å². The van der Waals surface area contributed by atoms with Gasteiger partial charge in [0, 0.05) is 17.3 Å². The summed E-state index contributed by atoms with van der Waals surface area (Å²) in [5, 5.41) is 10.8. The van der Waals surface area contributed by atoms with Crippen molar-refractivity contribution in [3.63, 3.8) is 0 Å². The van der Waals surface area contributed by atoms with Gasteiger partial charge in [0.25, 0.3) is 11.1 Å². The van der Waals surface area contributed by atoms with Crippen LogP contribution in [0.2, 0.25) is 0 Å². The number of benzene rings is 1. The lowest BCUT2D eigenvalue weighted by molar-refractivity contribution is 0.323. The zero-order valence-electron chi connectivity index (χ0n) is 16.2. The lowest BCUT2D eigenvalue weighted by atomic mass is 9.85. The van der Waals surface area contributed by atoms with Gasteiger partial charge in [-0.1, -0.05) is 0 Å². The van der Waals surface area contributed by atoms with Gasteiger partial charge in [0.05, 0.1) is 32.5 Å². The summed E-state index contributed by atoms with van der Waals surface area (Å²) in [6.07, 6.45) is 0. The van der Waals surface area contributed by atoms with Crippen molar-refractivity contribution in [1.29, 1.82) is 0 Å². The number of rotatable bonds is 6.